The second kappa shape index (κ2) is 8.47. The van der Waals surface area contributed by atoms with E-state index in [0.29, 0.717) is 13.1 Å². The first-order chi connectivity index (χ1) is 12.8. The third-order valence-corrected chi connectivity index (χ3v) is 9.73. The average molecular weight is 419 g/mol. The molecule has 1 N–H and O–H groups in total. The lowest BCUT2D eigenvalue weighted by atomic mass is 9.96. The molecule has 3 aliphatic heterocycles. The molecule has 0 amide bonds. The molecule has 0 saturated carbocycles. The fourth-order valence-electron chi connectivity index (χ4n) is 4.08. The molecule has 9 heteroatoms. The van der Waals surface area contributed by atoms with Crippen molar-refractivity contribution in [1.82, 2.24) is 15.1 Å². The number of hydrogen-bond donors (Lipinski definition) is 1. The number of sulfone groups is 1. The monoisotopic (exact) mass is 418 g/mol. The van der Waals surface area contributed by atoms with Crippen LogP contribution in [0.2, 0.25) is 0 Å². The number of guanidine groups is 1. The molecule has 1 unspecified atom stereocenters. The zero-order valence-electron chi connectivity index (χ0n) is 16.9. The van der Waals surface area contributed by atoms with Crippen molar-refractivity contribution in [3.63, 3.8) is 0 Å². The van der Waals surface area contributed by atoms with Crippen LogP contribution in [0.1, 0.15) is 27.2 Å². The van der Waals surface area contributed by atoms with Crippen molar-refractivity contribution in [2.45, 2.75) is 37.5 Å². The third-order valence-electron chi connectivity index (χ3n) is 5.97. The van der Waals surface area contributed by atoms with Gasteiger partial charge in [-0.05, 0) is 32.9 Å². The van der Waals surface area contributed by atoms with Crippen molar-refractivity contribution in [1.29, 1.82) is 0 Å². The van der Waals surface area contributed by atoms with Crippen LogP contribution in [0.5, 0.6) is 0 Å². The summed E-state index contributed by atoms with van der Waals surface area (Å²) < 4.78 is 29.5. The molecular weight excluding hydrogens is 384 g/mol. The van der Waals surface area contributed by atoms with Gasteiger partial charge in [0.1, 0.15) is 0 Å². The summed E-state index contributed by atoms with van der Waals surface area (Å²) in [5.74, 6) is 3.33. The Kier molecular flexibility index (Phi) is 6.65. The minimum Gasteiger partial charge on any atom is -0.379 e. The SMILES string of the molecule is CCNC(=NCC1(N2CCOCC2)CCSC1)N1CCS(=O)(=O)C(C)(C)C1. The highest BCUT2D eigenvalue weighted by molar-refractivity contribution is 7.99. The smallest absolute Gasteiger partial charge is 0.194 e. The van der Waals surface area contributed by atoms with Crippen molar-refractivity contribution in [3.05, 3.63) is 0 Å². The van der Waals surface area contributed by atoms with Gasteiger partial charge in [0.25, 0.3) is 0 Å². The Hall–Kier alpha value is -0.510. The highest BCUT2D eigenvalue weighted by atomic mass is 32.2. The summed E-state index contributed by atoms with van der Waals surface area (Å²) in [7, 11) is -3.05. The maximum absolute atomic E-state index is 12.3. The molecule has 27 heavy (non-hydrogen) atoms. The van der Waals surface area contributed by atoms with Crippen molar-refractivity contribution < 1.29 is 13.2 Å². The highest BCUT2D eigenvalue weighted by Gasteiger charge is 2.43. The number of thioether (sulfide) groups is 1. The van der Waals surface area contributed by atoms with E-state index >= 15 is 0 Å². The maximum atomic E-state index is 12.3. The Morgan fingerprint density at radius 1 is 1.26 bits per heavy atom. The van der Waals surface area contributed by atoms with E-state index in [1.807, 2.05) is 25.6 Å². The molecule has 3 saturated heterocycles. The quantitative estimate of drug-likeness (QED) is 0.531. The zero-order valence-corrected chi connectivity index (χ0v) is 18.5. The van der Waals surface area contributed by atoms with Gasteiger partial charge in [-0.1, -0.05) is 0 Å². The minimum absolute atomic E-state index is 0.104. The largest absolute Gasteiger partial charge is 0.379 e. The van der Waals surface area contributed by atoms with Gasteiger partial charge >= 0.3 is 0 Å². The lowest BCUT2D eigenvalue weighted by Crippen LogP contribution is -2.58. The predicted octanol–water partition coefficient (Wildman–Crippen LogP) is 0.669. The molecule has 156 valence electrons. The van der Waals surface area contributed by atoms with E-state index < -0.39 is 14.6 Å². The lowest BCUT2D eigenvalue weighted by Gasteiger charge is -2.43. The number of nitrogens with zero attached hydrogens (tertiary/aromatic N) is 3. The van der Waals surface area contributed by atoms with Gasteiger partial charge in [0, 0.05) is 38.5 Å². The van der Waals surface area contributed by atoms with Crippen LogP contribution < -0.4 is 5.32 Å². The molecule has 3 fully saturated rings. The van der Waals surface area contributed by atoms with Gasteiger partial charge in [0.15, 0.2) is 15.8 Å². The first-order valence-corrected chi connectivity index (χ1v) is 12.8. The number of nitrogens with one attached hydrogen (secondary N) is 1. The van der Waals surface area contributed by atoms with Crippen molar-refractivity contribution >= 4 is 27.6 Å². The predicted molar refractivity (Wildman–Crippen MR) is 112 cm³/mol. The summed E-state index contributed by atoms with van der Waals surface area (Å²) in [6.07, 6.45) is 1.15. The van der Waals surface area contributed by atoms with E-state index in [0.717, 1.165) is 57.5 Å². The Balaban J connectivity index is 1.76. The second-order valence-electron chi connectivity index (χ2n) is 8.30. The Labute approximate surface area is 168 Å². The van der Waals surface area contributed by atoms with Crippen LogP contribution >= 0.6 is 11.8 Å². The van der Waals surface area contributed by atoms with Crippen LogP contribution in [0.15, 0.2) is 4.99 Å². The van der Waals surface area contributed by atoms with E-state index in [4.69, 9.17) is 9.73 Å². The fourth-order valence-corrected chi connectivity index (χ4v) is 6.91. The summed E-state index contributed by atoms with van der Waals surface area (Å²) in [6, 6.07) is 0. The molecule has 0 aromatic heterocycles. The number of rotatable bonds is 4. The third kappa shape index (κ3) is 4.57. The summed E-state index contributed by atoms with van der Waals surface area (Å²) in [5, 5.41) is 3.39. The van der Waals surface area contributed by atoms with Crippen molar-refractivity contribution in [2.24, 2.45) is 4.99 Å². The molecule has 3 rings (SSSR count). The maximum Gasteiger partial charge on any atom is 0.194 e. The first-order valence-electron chi connectivity index (χ1n) is 9.96. The summed E-state index contributed by atoms with van der Waals surface area (Å²) in [5.41, 5.74) is 0.104. The lowest BCUT2D eigenvalue weighted by molar-refractivity contribution is -0.0105. The number of morpholine rings is 1. The first kappa shape index (κ1) is 21.2. The molecule has 0 radical (unpaired) electrons. The van der Waals surface area contributed by atoms with Gasteiger partial charge in [-0.2, -0.15) is 11.8 Å². The van der Waals surface area contributed by atoms with Crippen molar-refractivity contribution in [2.75, 3.05) is 69.7 Å². The van der Waals surface area contributed by atoms with Gasteiger partial charge in [0.2, 0.25) is 0 Å². The second-order valence-corrected chi connectivity index (χ2v) is 12.1. The van der Waals surface area contributed by atoms with Crippen molar-refractivity contribution in [3.8, 4) is 0 Å². The Morgan fingerprint density at radius 3 is 2.59 bits per heavy atom. The molecule has 3 heterocycles. The molecule has 1 atom stereocenters. The Morgan fingerprint density at radius 2 is 2.00 bits per heavy atom. The molecular formula is C18H34N4O3S2. The van der Waals surface area contributed by atoms with Gasteiger partial charge < -0.3 is 15.0 Å². The number of ether oxygens (including phenoxy) is 1. The average Bonchev–Trinajstić information content (AvgIpc) is 3.12. The molecule has 0 spiro atoms. The summed E-state index contributed by atoms with van der Waals surface area (Å²) in [4.78, 5) is 9.71. The summed E-state index contributed by atoms with van der Waals surface area (Å²) in [6.45, 7) is 11.8. The van der Waals surface area contributed by atoms with Gasteiger partial charge in [-0.15, -0.1) is 0 Å². The number of hydrogen-bond acceptors (Lipinski definition) is 6. The van der Waals surface area contributed by atoms with E-state index in [1.54, 1.807) is 0 Å². The van der Waals surface area contributed by atoms with Crippen LogP contribution in [0.3, 0.4) is 0 Å². The van der Waals surface area contributed by atoms with E-state index in [-0.39, 0.29) is 11.3 Å². The van der Waals surface area contributed by atoms with Crippen LogP contribution in [-0.2, 0) is 14.6 Å². The van der Waals surface area contributed by atoms with Gasteiger partial charge in [-0.25, -0.2) is 8.42 Å². The van der Waals surface area contributed by atoms with Gasteiger partial charge in [0.05, 0.1) is 35.8 Å². The van der Waals surface area contributed by atoms with Crippen LogP contribution in [0.4, 0.5) is 0 Å². The molecule has 7 nitrogen and oxygen atoms in total. The molecule has 0 aromatic rings. The topological polar surface area (TPSA) is 74.2 Å². The molecule has 0 bridgehead atoms. The van der Waals surface area contributed by atoms with Crippen LogP contribution in [0.25, 0.3) is 0 Å². The normalized spacial score (nSPS) is 31.8. The standard InChI is InChI=1S/C18H34N4O3S2/c1-4-19-16(21-8-12-27(23,24)17(2,3)14-21)20-13-18(5-11-26-15-18)22-6-9-25-10-7-22/h4-15H2,1-3H3,(H,19,20). The summed E-state index contributed by atoms with van der Waals surface area (Å²) >= 11 is 2.01. The van der Waals surface area contributed by atoms with Crippen LogP contribution in [0, 0.1) is 0 Å². The van der Waals surface area contributed by atoms with Crippen LogP contribution in [-0.4, -0.2) is 104 Å². The molecule has 0 aromatic carbocycles. The van der Waals surface area contributed by atoms with E-state index in [1.165, 1.54) is 5.75 Å². The zero-order chi connectivity index (χ0) is 19.5. The molecule has 0 aliphatic carbocycles. The fraction of sp³-hybridized carbons (Fsp3) is 0.944. The number of aliphatic imine (C=N–C) groups is 1. The Bertz CT molecular complexity index is 639. The molecule has 3 aliphatic rings. The minimum atomic E-state index is -3.05. The van der Waals surface area contributed by atoms with E-state index in [2.05, 4.69) is 22.0 Å². The van der Waals surface area contributed by atoms with E-state index in [9.17, 15) is 8.42 Å². The van der Waals surface area contributed by atoms with Gasteiger partial charge in [-0.3, -0.25) is 9.89 Å². The highest BCUT2D eigenvalue weighted by Crippen LogP contribution is 2.34.